The van der Waals surface area contributed by atoms with E-state index in [0.717, 1.165) is 0 Å². The van der Waals surface area contributed by atoms with Crippen LogP contribution in [-0.2, 0) is 31.3 Å². The molecule has 0 saturated carbocycles. The van der Waals surface area contributed by atoms with Crippen LogP contribution in [0.1, 0.15) is 0 Å². The quantitative estimate of drug-likeness (QED) is 0.0725. The molecule has 8 heteroatoms. The van der Waals surface area contributed by atoms with Gasteiger partial charge in [0.1, 0.15) is 0 Å². The van der Waals surface area contributed by atoms with Gasteiger partial charge in [-0.25, -0.2) is 5.98 Å². The number of rotatable bonds is 7. The van der Waals surface area contributed by atoms with Gasteiger partial charge in [-0.15, -0.1) is 0 Å². The first-order valence-electron chi connectivity index (χ1n) is 15.4. The second kappa shape index (κ2) is 24.7. The summed E-state index contributed by atoms with van der Waals surface area (Å²) in [5.41, 5.74) is 0. The average Bonchev–Trinajstić information content (AvgIpc) is 3.75. The van der Waals surface area contributed by atoms with E-state index in [1.54, 1.807) is 0 Å². The van der Waals surface area contributed by atoms with Gasteiger partial charge in [-0.2, -0.15) is 0 Å². The second-order valence-corrected chi connectivity index (χ2v) is 14.4. The standard InChI is InChI=1S/2C18H15P.C4H6BO2.CO.ClH.Ru/c2*1-4-10-16(11-5-1)19(17-12-6-2-7-13-17)18-14-8-3-9-15-18;1-2-5-6-3-4-7-5;1-2;;/h2*1-15H;1-2H,3-4H2;;1H;/q;;-1;;;+2/p-1. The van der Waals surface area contributed by atoms with Crippen LogP contribution in [-0.4, -0.2) is 20.3 Å². The van der Waals surface area contributed by atoms with Crippen LogP contribution in [0.4, 0.5) is 0 Å². The van der Waals surface area contributed by atoms with Crippen molar-refractivity contribution in [3.05, 3.63) is 201 Å². The summed E-state index contributed by atoms with van der Waals surface area (Å²) in [5, 5.41) is 8.39. The number of halogens is 1. The predicted molar refractivity (Wildman–Crippen MR) is 207 cm³/mol. The van der Waals surface area contributed by atoms with E-state index in [1.807, 2.05) is 17.3 Å². The van der Waals surface area contributed by atoms with E-state index in [9.17, 15) is 0 Å². The molecule has 1 aliphatic rings. The van der Waals surface area contributed by atoms with Crippen molar-refractivity contribution in [2.75, 3.05) is 13.2 Å². The van der Waals surface area contributed by atoms with Crippen LogP contribution in [0.15, 0.2) is 188 Å². The molecule has 7 rings (SSSR count). The molecule has 3 nitrogen and oxygen atoms in total. The van der Waals surface area contributed by atoms with Gasteiger partial charge in [-0.05, 0) is 47.7 Å². The van der Waals surface area contributed by atoms with Crippen LogP contribution in [0.2, 0.25) is 0 Å². The minimum atomic E-state index is -0.446. The summed E-state index contributed by atoms with van der Waals surface area (Å²) in [7, 11) is 3.43. The fraction of sp³-hybridized carbons (Fsp3) is 0.0488. The van der Waals surface area contributed by atoms with Gasteiger partial charge in [-0.1, -0.05) is 182 Å². The van der Waals surface area contributed by atoms with Crippen molar-refractivity contribution in [2.45, 2.75) is 0 Å². The van der Waals surface area contributed by atoms with Crippen molar-refractivity contribution in [3.8, 4) is 0 Å². The molecule has 6 aromatic carbocycles. The minimum absolute atomic E-state index is 0.250. The molecular formula is C41H36BClO3P2Ru. The Morgan fingerprint density at radius 2 is 0.653 bits per heavy atom. The van der Waals surface area contributed by atoms with E-state index in [-0.39, 0.29) is 7.12 Å². The zero-order chi connectivity index (χ0) is 34.9. The molecule has 0 aromatic heterocycles. The van der Waals surface area contributed by atoms with Crippen LogP contribution in [0.25, 0.3) is 0 Å². The Morgan fingerprint density at radius 3 is 0.796 bits per heavy atom. The van der Waals surface area contributed by atoms with Gasteiger partial charge in [0, 0.05) is 0 Å². The van der Waals surface area contributed by atoms with Crippen LogP contribution in [0.3, 0.4) is 0 Å². The summed E-state index contributed by atoms with van der Waals surface area (Å²) in [4.78, 5) is 0. The first-order chi connectivity index (χ1) is 24.3. The Morgan fingerprint density at radius 1 is 0.469 bits per heavy atom. The molecule has 246 valence electrons. The molecule has 0 aliphatic carbocycles. The molecule has 0 amide bonds. The monoisotopic (exact) mass is 786 g/mol. The van der Waals surface area contributed by atoms with Gasteiger partial charge in [0.05, 0.1) is 13.2 Å². The Bertz CT molecular complexity index is 1410. The zero-order valence-electron chi connectivity index (χ0n) is 26.8. The van der Waals surface area contributed by atoms with Gasteiger partial charge >= 0.3 is 45.4 Å². The molecule has 0 spiro atoms. The van der Waals surface area contributed by atoms with Crippen LogP contribution in [0, 0.1) is 13.2 Å². The van der Waals surface area contributed by atoms with E-state index in [2.05, 4.69) is 198 Å². The molecule has 0 atom stereocenters. The number of hydrogen-bond acceptors (Lipinski definition) is 2. The summed E-state index contributed by atoms with van der Waals surface area (Å²) in [6, 6.07) is 64.7. The Balaban J connectivity index is 0.000000205. The van der Waals surface area contributed by atoms with Crippen molar-refractivity contribution >= 4 is 64.5 Å². The van der Waals surface area contributed by atoms with Crippen molar-refractivity contribution in [1.82, 2.24) is 0 Å². The van der Waals surface area contributed by atoms with Crippen molar-refractivity contribution in [1.29, 1.82) is 0 Å². The first kappa shape index (κ1) is 40.0. The summed E-state index contributed by atoms with van der Waals surface area (Å²) < 4.78 is 17.3. The second-order valence-electron chi connectivity index (χ2n) is 9.99. The summed E-state index contributed by atoms with van der Waals surface area (Å²) in [5.74, 6) is 1.40. The smallest absolute Gasteiger partial charge is 0.0134 e. The third-order valence-corrected chi connectivity index (χ3v) is 11.8. The average molecular weight is 786 g/mol. The molecule has 1 fully saturated rings. The molecule has 0 N–H and O–H groups in total. The summed E-state index contributed by atoms with van der Waals surface area (Å²) in [6.07, 6.45) is 0. The van der Waals surface area contributed by atoms with Gasteiger partial charge in [0.15, 0.2) is 0 Å². The van der Waals surface area contributed by atoms with Gasteiger partial charge in [0.25, 0.3) is 0 Å². The molecular weight excluding hydrogens is 750 g/mol. The predicted octanol–water partition coefficient (Wildman–Crippen LogP) is 7.59. The largest absolute Gasteiger partial charge is 0.0622 e. The SMILES string of the molecule is [C-]#[O+].[CH-]=CB1OCCO1.[Cl][Ru+].c1ccc(P(c2ccccc2)c2ccccc2)cc1.c1ccc(P(c2ccccc2)c2ccccc2)cc1. The van der Waals surface area contributed by atoms with Gasteiger partial charge < -0.3 is 15.9 Å². The third-order valence-electron chi connectivity index (χ3n) is 6.89. The molecule has 0 bridgehead atoms. The normalized spacial score (nSPS) is 11.3. The van der Waals surface area contributed by atoms with E-state index >= 15 is 0 Å². The van der Waals surface area contributed by atoms with Crippen molar-refractivity contribution in [3.63, 3.8) is 0 Å². The summed E-state index contributed by atoms with van der Waals surface area (Å²) >= 11 is 1.82. The molecule has 1 aliphatic heterocycles. The van der Waals surface area contributed by atoms with E-state index in [1.165, 1.54) is 37.8 Å². The zero-order valence-corrected chi connectivity index (χ0v) is 31.1. The van der Waals surface area contributed by atoms with Gasteiger partial charge in [-0.3, -0.25) is 0 Å². The fourth-order valence-electron chi connectivity index (χ4n) is 4.84. The van der Waals surface area contributed by atoms with Crippen LogP contribution < -0.4 is 31.8 Å². The molecule has 49 heavy (non-hydrogen) atoms. The first-order valence-corrected chi connectivity index (χ1v) is 20.3. The van der Waals surface area contributed by atoms with Crippen LogP contribution >= 0.6 is 25.5 Å². The maximum absolute atomic E-state index is 7.50. The van der Waals surface area contributed by atoms with Crippen molar-refractivity contribution in [2.24, 2.45) is 0 Å². The molecule has 0 radical (unpaired) electrons. The Labute approximate surface area is 308 Å². The van der Waals surface area contributed by atoms with E-state index < -0.39 is 15.8 Å². The molecule has 1 heterocycles. The van der Waals surface area contributed by atoms with Crippen LogP contribution in [0.5, 0.6) is 0 Å². The van der Waals surface area contributed by atoms with E-state index in [4.69, 9.17) is 20.5 Å². The van der Waals surface area contributed by atoms with E-state index in [0.29, 0.717) is 13.2 Å². The Kier molecular flexibility index (Phi) is 20.1. The van der Waals surface area contributed by atoms with Crippen molar-refractivity contribution < 1.29 is 31.3 Å². The minimum Gasteiger partial charge on any atom is -0.0622 e. The summed E-state index contributed by atoms with van der Waals surface area (Å²) in [6.45, 7) is 10.9. The fourth-order valence-corrected chi connectivity index (χ4v) is 9.46. The topological polar surface area (TPSA) is 38.4 Å². The van der Waals surface area contributed by atoms with Gasteiger partial charge in [0.2, 0.25) is 0 Å². The maximum atomic E-state index is 7.50. The molecule has 1 saturated heterocycles. The maximum Gasteiger partial charge on any atom is -0.0134 e. The number of benzene rings is 6. The molecule has 6 aromatic rings. The molecule has 0 unspecified atom stereocenters. The number of hydrogen-bond donors (Lipinski definition) is 0. The third kappa shape index (κ3) is 13.4. The Hall–Kier alpha value is -3.44.